The highest BCUT2D eigenvalue weighted by Crippen LogP contribution is 2.18. The summed E-state index contributed by atoms with van der Waals surface area (Å²) in [6.07, 6.45) is 5.26. The predicted molar refractivity (Wildman–Crippen MR) is 112 cm³/mol. The number of amides is 1. The Balaban J connectivity index is 2.32. The molecule has 2 rings (SSSR count). The van der Waals surface area contributed by atoms with Crippen LogP contribution in [0.2, 0.25) is 5.02 Å². The Labute approximate surface area is 174 Å². The molecular weight excluding hydrogens is 395 g/mol. The number of nitrogens with one attached hydrogen (secondary N) is 1. The van der Waals surface area contributed by atoms with Gasteiger partial charge in [-0.05, 0) is 42.7 Å². The molecule has 1 heterocycles. The van der Waals surface area contributed by atoms with E-state index in [4.69, 9.17) is 11.6 Å². The zero-order valence-corrected chi connectivity index (χ0v) is 17.4. The van der Waals surface area contributed by atoms with Crippen molar-refractivity contribution < 1.29 is 14.0 Å². The highest BCUT2D eigenvalue weighted by atomic mass is 35.5. The zero-order chi connectivity index (χ0) is 21.4. The third kappa shape index (κ3) is 6.26. The molecule has 0 saturated heterocycles. The van der Waals surface area contributed by atoms with Gasteiger partial charge in [-0.2, -0.15) is 0 Å². The van der Waals surface area contributed by atoms with E-state index in [0.29, 0.717) is 6.54 Å². The summed E-state index contributed by atoms with van der Waals surface area (Å²) in [4.78, 5) is 38.4. The number of benzene rings is 1. The SMILES string of the molecule is CCCC[C@@H](CC)CNC(=O)[C@@H](C(=O)c1ccc(F)cc1)n1cc(Cl)ccc1=O. The first-order chi connectivity index (χ1) is 13.9. The van der Waals surface area contributed by atoms with Crippen LogP contribution in [-0.2, 0) is 4.79 Å². The molecule has 0 saturated carbocycles. The summed E-state index contributed by atoms with van der Waals surface area (Å²) in [7, 11) is 0. The molecule has 0 bridgehead atoms. The van der Waals surface area contributed by atoms with Crippen molar-refractivity contribution in [3.63, 3.8) is 0 Å². The van der Waals surface area contributed by atoms with Gasteiger partial charge in [-0.25, -0.2) is 4.39 Å². The number of aromatic nitrogens is 1. The molecule has 2 aromatic rings. The number of nitrogens with zero attached hydrogens (tertiary/aromatic N) is 1. The summed E-state index contributed by atoms with van der Waals surface area (Å²) in [5.41, 5.74) is -0.389. The third-order valence-corrected chi connectivity index (χ3v) is 5.14. The van der Waals surface area contributed by atoms with E-state index in [1.807, 2.05) is 0 Å². The van der Waals surface area contributed by atoms with Crippen LogP contribution in [0.4, 0.5) is 4.39 Å². The number of Topliss-reactive ketones (excluding diaryl/α,β-unsaturated/α-hetero) is 1. The molecule has 0 unspecified atom stereocenters. The molecule has 1 N–H and O–H groups in total. The van der Waals surface area contributed by atoms with Gasteiger partial charge in [0.05, 0.1) is 5.02 Å². The number of rotatable bonds is 10. The lowest BCUT2D eigenvalue weighted by atomic mass is 9.98. The van der Waals surface area contributed by atoms with Crippen LogP contribution in [0.15, 0.2) is 47.4 Å². The Morgan fingerprint density at radius 3 is 2.45 bits per heavy atom. The molecule has 0 spiro atoms. The van der Waals surface area contributed by atoms with Crippen LogP contribution >= 0.6 is 11.6 Å². The molecule has 0 aliphatic carbocycles. The van der Waals surface area contributed by atoms with Gasteiger partial charge in [0.25, 0.3) is 11.5 Å². The molecule has 2 atom stereocenters. The van der Waals surface area contributed by atoms with Crippen molar-refractivity contribution in [1.82, 2.24) is 9.88 Å². The topological polar surface area (TPSA) is 68.2 Å². The summed E-state index contributed by atoms with van der Waals surface area (Å²) in [5.74, 6) is -1.40. The minimum Gasteiger partial charge on any atom is -0.354 e. The number of carbonyl (C=O) groups is 2. The van der Waals surface area contributed by atoms with E-state index in [9.17, 15) is 18.8 Å². The second kappa shape index (κ2) is 10.9. The maximum absolute atomic E-state index is 13.2. The van der Waals surface area contributed by atoms with E-state index in [2.05, 4.69) is 19.2 Å². The number of halogens is 2. The Morgan fingerprint density at radius 2 is 1.83 bits per heavy atom. The van der Waals surface area contributed by atoms with Crippen LogP contribution in [0.3, 0.4) is 0 Å². The van der Waals surface area contributed by atoms with Gasteiger partial charge in [-0.1, -0.05) is 44.7 Å². The Bertz CT molecular complexity index is 896. The first kappa shape index (κ1) is 22.8. The first-order valence-electron chi connectivity index (χ1n) is 9.82. The van der Waals surface area contributed by atoms with Gasteiger partial charge in [0.15, 0.2) is 11.8 Å². The lowest BCUT2D eigenvalue weighted by Crippen LogP contribution is -2.42. The number of hydrogen-bond donors (Lipinski definition) is 1. The average molecular weight is 421 g/mol. The van der Waals surface area contributed by atoms with Crippen molar-refractivity contribution >= 4 is 23.3 Å². The van der Waals surface area contributed by atoms with E-state index in [1.54, 1.807) is 0 Å². The number of unbranched alkanes of at least 4 members (excludes halogenated alkanes) is 1. The quantitative estimate of drug-likeness (QED) is 0.457. The minimum absolute atomic E-state index is 0.136. The van der Waals surface area contributed by atoms with Crippen molar-refractivity contribution in [2.75, 3.05) is 6.54 Å². The molecule has 0 aliphatic heterocycles. The fraction of sp³-hybridized carbons (Fsp3) is 0.409. The smallest absolute Gasteiger partial charge is 0.251 e. The summed E-state index contributed by atoms with van der Waals surface area (Å²) in [6, 6.07) is 6.05. The van der Waals surface area contributed by atoms with E-state index in [1.165, 1.54) is 30.5 Å². The van der Waals surface area contributed by atoms with E-state index in [0.717, 1.165) is 42.4 Å². The minimum atomic E-state index is -1.42. The molecule has 0 fully saturated rings. The van der Waals surface area contributed by atoms with Crippen molar-refractivity contribution in [2.45, 2.75) is 45.6 Å². The van der Waals surface area contributed by atoms with Crippen molar-refractivity contribution in [3.05, 3.63) is 69.4 Å². The van der Waals surface area contributed by atoms with Gasteiger partial charge in [-0.3, -0.25) is 19.0 Å². The second-order valence-electron chi connectivity index (χ2n) is 7.03. The molecule has 0 radical (unpaired) electrons. The average Bonchev–Trinajstić information content (AvgIpc) is 2.71. The van der Waals surface area contributed by atoms with Crippen LogP contribution in [0, 0.1) is 11.7 Å². The largest absolute Gasteiger partial charge is 0.354 e. The number of carbonyl (C=O) groups excluding carboxylic acids is 2. The number of hydrogen-bond acceptors (Lipinski definition) is 3. The second-order valence-corrected chi connectivity index (χ2v) is 7.46. The summed E-state index contributed by atoms with van der Waals surface area (Å²) >= 11 is 5.99. The van der Waals surface area contributed by atoms with E-state index in [-0.39, 0.29) is 16.5 Å². The molecule has 1 amide bonds. The van der Waals surface area contributed by atoms with Crippen molar-refractivity contribution in [1.29, 1.82) is 0 Å². The Kier molecular flexibility index (Phi) is 8.58. The molecule has 29 heavy (non-hydrogen) atoms. The normalized spacial score (nSPS) is 13.0. The fourth-order valence-corrected chi connectivity index (χ4v) is 3.28. The maximum Gasteiger partial charge on any atom is 0.251 e. The van der Waals surface area contributed by atoms with Crippen LogP contribution in [0.1, 0.15) is 55.9 Å². The van der Waals surface area contributed by atoms with E-state index < -0.39 is 29.1 Å². The van der Waals surface area contributed by atoms with Crippen LogP contribution in [-0.4, -0.2) is 22.8 Å². The predicted octanol–water partition coefficient (Wildman–Crippen LogP) is 4.40. The molecule has 1 aromatic heterocycles. The monoisotopic (exact) mass is 420 g/mol. The molecule has 7 heteroatoms. The summed E-state index contributed by atoms with van der Waals surface area (Å²) < 4.78 is 14.3. The highest BCUT2D eigenvalue weighted by molar-refractivity contribution is 6.30. The first-order valence-corrected chi connectivity index (χ1v) is 10.2. The van der Waals surface area contributed by atoms with Gasteiger partial charge in [0.1, 0.15) is 5.82 Å². The van der Waals surface area contributed by atoms with Gasteiger partial charge >= 0.3 is 0 Å². The molecule has 5 nitrogen and oxygen atoms in total. The molecule has 1 aromatic carbocycles. The maximum atomic E-state index is 13.2. The zero-order valence-electron chi connectivity index (χ0n) is 16.7. The molecule has 156 valence electrons. The van der Waals surface area contributed by atoms with Gasteiger partial charge in [0, 0.05) is 24.4 Å². The van der Waals surface area contributed by atoms with Gasteiger partial charge in [-0.15, -0.1) is 0 Å². The summed E-state index contributed by atoms with van der Waals surface area (Å²) in [5, 5.41) is 3.04. The number of pyridine rings is 1. The van der Waals surface area contributed by atoms with Gasteiger partial charge in [0.2, 0.25) is 0 Å². The third-order valence-electron chi connectivity index (χ3n) is 4.91. The fourth-order valence-electron chi connectivity index (χ4n) is 3.11. The Morgan fingerprint density at radius 1 is 1.14 bits per heavy atom. The standard InChI is InChI=1S/C22H26ClFN2O3/c1-3-5-6-15(4-2)13-25-22(29)20(26-14-17(23)9-12-19(26)27)21(28)16-7-10-18(24)11-8-16/h7-12,14-15,20H,3-6,13H2,1-2H3,(H,25,29)/t15-,20-/m1/s1. The van der Waals surface area contributed by atoms with Crippen LogP contribution in [0.25, 0.3) is 0 Å². The van der Waals surface area contributed by atoms with E-state index >= 15 is 0 Å². The van der Waals surface area contributed by atoms with Crippen molar-refractivity contribution in [3.8, 4) is 0 Å². The molecule has 0 aliphatic rings. The van der Waals surface area contributed by atoms with Crippen molar-refractivity contribution in [2.24, 2.45) is 5.92 Å². The molecular formula is C22H26ClFN2O3. The van der Waals surface area contributed by atoms with Crippen LogP contribution in [0.5, 0.6) is 0 Å². The van der Waals surface area contributed by atoms with Crippen LogP contribution < -0.4 is 10.9 Å². The Hall–Kier alpha value is -2.47. The lowest BCUT2D eigenvalue weighted by molar-refractivity contribution is -0.123. The number of ketones is 1. The highest BCUT2D eigenvalue weighted by Gasteiger charge is 2.30. The van der Waals surface area contributed by atoms with Gasteiger partial charge < -0.3 is 5.32 Å². The lowest BCUT2D eigenvalue weighted by Gasteiger charge is -2.21. The summed E-state index contributed by atoms with van der Waals surface area (Å²) in [6.45, 7) is 4.57.